The van der Waals surface area contributed by atoms with Crippen molar-refractivity contribution in [2.24, 2.45) is 0 Å². The van der Waals surface area contributed by atoms with Gasteiger partial charge in [-0.05, 0) is 49.1 Å². The largest absolute Gasteiger partial charge is 0.368 e. The van der Waals surface area contributed by atoms with Crippen molar-refractivity contribution < 1.29 is 9.59 Å². The summed E-state index contributed by atoms with van der Waals surface area (Å²) in [5, 5.41) is 4.16. The van der Waals surface area contributed by atoms with E-state index in [0.29, 0.717) is 12.8 Å². The number of rotatable bonds is 4. The van der Waals surface area contributed by atoms with Gasteiger partial charge in [0.05, 0.1) is 6.04 Å². The fourth-order valence-electron chi connectivity index (χ4n) is 5.86. The molecule has 2 amide bonds. The van der Waals surface area contributed by atoms with Crippen molar-refractivity contribution in [3.05, 3.63) is 60.3 Å². The lowest BCUT2D eigenvalue weighted by molar-refractivity contribution is -0.124. The van der Waals surface area contributed by atoms with Crippen molar-refractivity contribution >= 4 is 34.1 Å². The van der Waals surface area contributed by atoms with E-state index in [1.165, 1.54) is 22.2 Å². The zero-order valence-corrected chi connectivity index (χ0v) is 19.4. The fraction of sp³-hybridized carbons (Fsp3) is 0.407. The average molecular weight is 458 g/mol. The standard InChI is InChI=1S/C27H31N5O2/c33-26-11-10-23(29-26)27(34)32-20(9-8-19-4-1-2-6-24(19)32)18-30-14-16-31(17-15-30)25-7-3-5-22-21(25)12-13-28-22/h1-7,12-13,20,23,28H,8-11,14-18H2,(H,29,33)/t20?,23-/m0/s1. The van der Waals surface area contributed by atoms with Gasteiger partial charge in [0, 0.05) is 67.6 Å². The topological polar surface area (TPSA) is 71.7 Å². The van der Waals surface area contributed by atoms with Crippen LogP contribution in [0.25, 0.3) is 10.9 Å². The number of aromatic amines is 1. The number of nitrogens with zero attached hydrogens (tertiary/aromatic N) is 3. The van der Waals surface area contributed by atoms with Gasteiger partial charge in [0.2, 0.25) is 11.8 Å². The minimum Gasteiger partial charge on any atom is -0.368 e. The Kier molecular flexibility index (Phi) is 5.49. The van der Waals surface area contributed by atoms with Crippen LogP contribution in [0.5, 0.6) is 0 Å². The van der Waals surface area contributed by atoms with Crippen LogP contribution in [0.2, 0.25) is 0 Å². The number of amides is 2. The summed E-state index contributed by atoms with van der Waals surface area (Å²) in [6, 6.07) is 16.6. The van der Waals surface area contributed by atoms with Crippen LogP contribution < -0.4 is 15.1 Å². The lowest BCUT2D eigenvalue weighted by Crippen LogP contribution is -2.56. The number of aryl methyl sites for hydroxylation is 1. The predicted octanol–water partition coefficient (Wildman–Crippen LogP) is 2.92. The van der Waals surface area contributed by atoms with E-state index in [9.17, 15) is 9.59 Å². The molecule has 2 saturated heterocycles. The highest BCUT2D eigenvalue weighted by Crippen LogP contribution is 2.33. The van der Waals surface area contributed by atoms with Crippen LogP contribution in [0.4, 0.5) is 11.4 Å². The van der Waals surface area contributed by atoms with Gasteiger partial charge in [0.15, 0.2) is 0 Å². The van der Waals surface area contributed by atoms with Crippen molar-refractivity contribution in [1.29, 1.82) is 0 Å². The maximum Gasteiger partial charge on any atom is 0.249 e. The van der Waals surface area contributed by atoms with E-state index in [0.717, 1.165) is 51.3 Å². The Bertz CT molecular complexity index is 1210. The minimum absolute atomic E-state index is 0.0197. The first-order chi connectivity index (χ1) is 16.7. The third-order valence-corrected chi connectivity index (χ3v) is 7.65. The van der Waals surface area contributed by atoms with E-state index in [-0.39, 0.29) is 17.9 Å². The van der Waals surface area contributed by atoms with Gasteiger partial charge < -0.3 is 20.1 Å². The predicted molar refractivity (Wildman–Crippen MR) is 134 cm³/mol. The van der Waals surface area contributed by atoms with Crippen LogP contribution >= 0.6 is 0 Å². The highest BCUT2D eigenvalue weighted by molar-refractivity contribution is 6.02. The summed E-state index contributed by atoms with van der Waals surface area (Å²) >= 11 is 0. The molecule has 6 rings (SSSR count). The molecule has 2 aromatic carbocycles. The number of H-pyrrole nitrogens is 1. The number of piperazine rings is 1. The van der Waals surface area contributed by atoms with Crippen LogP contribution in [0.15, 0.2) is 54.7 Å². The quantitative estimate of drug-likeness (QED) is 0.632. The summed E-state index contributed by atoms with van der Waals surface area (Å²) in [5.41, 5.74) is 4.70. The Balaban J connectivity index is 1.17. The fourth-order valence-corrected chi connectivity index (χ4v) is 5.86. The lowest BCUT2D eigenvalue weighted by Gasteiger charge is -2.43. The SMILES string of the molecule is O=C1CC[C@@H](C(=O)N2c3ccccc3CCC2CN2CCN(c3cccc4[nH]ccc34)CC2)N1. The molecule has 0 saturated carbocycles. The molecule has 0 bridgehead atoms. The molecule has 176 valence electrons. The molecule has 7 nitrogen and oxygen atoms in total. The molecule has 7 heteroatoms. The number of hydrogen-bond acceptors (Lipinski definition) is 4. The van der Waals surface area contributed by atoms with Crippen molar-refractivity contribution in [2.75, 3.05) is 42.5 Å². The zero-order chi connectivity index (χ0) is 23.1. The summed E-state index contributed by atoms with van der Waals surface area (Å²) in [4.78, 5) is 35.7. The van der Waals surface area contributed by atoms with Crippen LogP contribution in [-0.4, -0.2) is 66.5 Å². The van der Waals surface area contributed by atoms with Crippen LogP contribution in [0.3, 0.4) is 0 Å². The third-order valence-electron chi connectivity index (χ3n) is 7.65. The molecule has 0 spiro atoms. The number of nitrogens with one attached hydrogen (secondary N) is 2. The summed E-state index contributed by atoms with van der Waals surface area (Å²) < 4.78 is 0. The van der Waals surface area contributed by atoms with Crippen LogP contribution in [-0.2, 0) is 16.0 Å². The molecule has 3 aliphatic heterocycles. The highest BCUT2D eigenvalue weighted by atomic mass is 16.2. The summed E-state index contributed by atoms with van der Waals surface area (Å²) in [7, 11) is 0. The molecule has 2 atom stereocenters. The number of carbonyl (C=O) groups excluding carboxylic acids is 2. The maximum atomic E-state index is 13.6. The Morgan fingerprint density at radius 1 is 0.912 bits per heavy atom. The van der Waals surface area contributed by atoms with E-state index in [2.05, 4.69) is 56.5 Å². The maximum absolute atomic E-state index is 13.6. The highest BCUT2D eigenvalue weighted by Gasteiger charge is 2.38. The first kappa shape index (κ1) is 21.2. The number of para-hydroxylation sites is 1. The van der Waals surface area contributed by atoms with E-state index in [4.69, 9.17) is 0 Å². The molecule has 1 unspecified atom stereocenters. The smallest absolute Gasteiger partial charge is 0.249 e. The second-order valence-electron chi connectivity index (χ2n) is 9.69. The summed E-state index contributed by atoms with van der Waals surface area (Å²) in [6.45, 7) is 4.76. The minimum atomic E-state index is -0.403. The van der Waals surface area contributed by atoms with Crippen molar-refractivity contribution in [3.63, 3.8) is 0 Å². The van der Waals surface area contributed by atoms with E-state index >= 15 is 0 Å². The molecule has 34 heavy (non-hydrogen) atoms. The van der Waals surface area contributed by atoms with Crippen LogP contribution in [0.1, 0.15) is 24.8 Å². The van der Waals surface area contributed by atoms with Gasteiger partial charge in [-0.2, -0.15) is 0 Å². The number of benzene rings is 2. The molecule has 2 fully saturated rings. The Morgan fingerprint density at radius 3 is 2.56 bits per heavy atom. The Labute approximate surface area is 199 Å². The van der Waals surface area contributed by atoms with E-state index in [1.54, 1.807) is 0 Å². The molecule has 2 N–H and O–H groups in total. The van der Waals surface area contributed by atoms with Gasteiger partial charge in [0.1, 0.15) is 6.04 Å². The van der Waals surface area contributed by atoms with Gasteiger partial charge in [0.25, 0.3) is 0 Å². The molecule has 3 aromatic rings. The normalized spacial score (nSPS) is 23.2. The van der Waals surface area contributed by atoms with Gasteiger partial charge >= 0.3 is 0 Å². The van der Waals surface area contributed by atoms with Gasteiger partial charge in [-0.15, -0.1) is 0 Å². The number of carbonyl (C=O) groups is 2. The average Bonchev–Trinajstić information content (AvgIpc) is 3.53. The lowest BCUT2D eigenvalue weighted by atomic mass is 9.94. The summed E-state index contributed by atoms with van der Waals surface area (Å²) in [5.74, 6) is 0.0227. The third kappa shape index (κ3) is 3.84. The molecular formula is C27H31N5O2. The number of fused-ring (bicyclic) bond motifs is 2. The van der Waals surface area contributed by atoms with Gasteiger partial charge in [-0.25, -0.2) is 0 Å². The van der Waals surface area contributed by atoms with Crippen molar-refractivity contribution in [3.8, 4) is 0 Å². The molecular weight excluding hydrogens is 426 g/mol. The number of aromatic nitrogens is 1. The van der Waals surface area contributed by atoms with E-state index < -0.39 is 6.04 Å². The van der Waals surface area contributed by atoms with Crippen molar-refractivity contribution in [1.82, 2.24) is 15.2 Å². The molecule has 0 radical (unpaired) electrons. The van der Waals surface area contributed by atoms with Crippen molar-refractivity contribution in [2.45, 2.75) is 37.8 Å². The Morgan fingerprint density at radius 2 is 1.74 bits per heavy atom. The van der Waals surface area contributed by atoms with Crippen LogP contribution in [0, 0.1) is 0 Å². The van der Waals surface area contributed by atoms with Gasteiger partial charge in [-0.3, -0.25) is 14.5 Å². The molecule has 0 aliphatic carbocycles. The monoisotopic (exact) mass is 457 g/mol. The van der Waals surface area contributed by atoms with E-state index in [1.807, 2.05) is 23.2 Å². The summed E-state index contributed by atoms with van der Waals surface area (Å²) in [6.07, 6.45) is 4.96. The Hall–Kier alpha value is -3.32. The first-order valence-corrected chi connectivity index (χ1v) is 12.4. The zero-order valence-electron chi connectivity index (χ0n) is 19.4. The molecule has 4 heterocycles. The molecule has 1 aromatic heterocycles. The number of anilines is 2. The second-order valence-corrected chi connectivity index (χ2v) is 9.69. The second kappa shape index (κ2) is 8.80. The van der Waals surface area contributed by atoms with Gasteiger partial charge in [-0.1, -0.05) is 24.3 Å². The first-order valence-electron chi connectivity index (χ1n) is 12.4. The molecule has 3 aliphatic rings. The number of hydrogen-bond donors (Lipinski definition) is 2.